The number of nitrogens with two attached hydrogens (primary N) is 2. The van der Waals surface area contributed by atoms with Gasteiger partial charge in [-0.25, -0.2) is 0 Å². The van der Waals surface area contributed by atoms with Crippen LogP contribution in [0.4, 0.5) is 0 Å². The zero-order valence-corrected chi connectivity index (χ0v) is 30.2. The molecule has 0 radical (unpaired) electrons. The first-order valence-electron chi connectivity index (χ1n) is 18.9. The van der Waals surface area contributed by atoms with Gasteiger partial charge >= 0.3 is 0 Å². The van der Waals surface area contributed by atoms with Gasteiger partial charge in [-0.2, -0.15) is 0 Å². The van der Waals surface area contributed by atoms with E-state index in [9.17, 15) is 0 Å². The van der Waals surface area contributed by atoms with Crippen molar-refractivity contribution in [1.82, 2.24) is 63.8 Å². The van der Waals surface area contributed by atoms with Gasteiger partial charge in [-0.15, -0.1) is 0 Å². The van der Waals surface area contributed by atoms with E-state index < -0.39 is 0 Å². The van der Waals surface area contributed by atoms with Gasteiger partial charge in [-0.3, -0.25) is 0 Å². The summed E-state index contributed by atoms with van der Waals surface area (Å²) in [6.45, 7) is 27.5. The Bertz CT molecular complexity index is 700. The van der Waals surface area contributed by atoms with Crippen LogP contribution in [0.15, 0.2) is 0 Å². The first-order valence-corrected chi connectivity index (χ1v) is 18.9. The maximum absolute atomic E-state index is 6.61. The lowest BCUT2D eigenvalue weighted by atomic mass is 9.82. The predicted octanol–water partition coefficient (Wildman–Crippen LogP) is -3.68. The third-order valence-corrected chi connectivity index (χ3v) is 10.3. The van der Waals surface area contributed by atoms with Gasteiger partial charge in [-0.05, 0) is 12.8 Å². The first kappa shape index (κ1) is 43.6. The van der Waals surface area contributed by atoms with Crippen LogP contribution in [-0.4, -0.2) is 168 Å². The van der Waals surface area contributed by atoms with Crippen molar-refractivity contribution >= 4 is 0 Å². The number of nitrogens with one attached hydrogen (secondary N) is 12. The van der Waals surface area contributed by atoms with Crippen molar-refractivity contribution in [3.8, 4) is 0 Å². The fourth-order valence-electron chi connectivity index (χ4n) is 7.13. The van der Waals surface area contributed by atoms with Crippen LogP contribution in [0, 0.1) is 10.8 Å². The molecule has 6 aliphatic heterocycles. The lowest BCUT2D eigenvalue weighted by Gasteiger charge is -2.36. The van der Waals surface area contributed by atoms with Gasteiger partial charge < -0.3 is 75.3 Å². The summed E-state index contributed by atoms with van der Waals surface area (Å²) in [5, 5.41) is 43.1. The largest absolute Gasteiger partial charge is 0.322 e. The predicted molar refractivity (Wildman–Crippen MR) is 205 cm³/mol. The Morgan fingerprint density at radius 3 is 0.771 bits per heavy atom. The van der Waals surface area contributed by atoms with Crippen molar-refractivity contribution in [3.63, 3.8) is 0 Å². The highest BCUT2D eigenvalue weighted by molar-refractivity contribution is 4.94. The monoisotopic (exact) mass is 685 g/mol. The standard InChI is InChI=1S/C17H39N7.C16H37N7.CH4/c1-2-3-16-10-19-4-7-22-13-17(18,14-23-8-5-20-11-16)15-24-9-6-21-12-16;1-2-15-9-18-3-6-21-12-16(17,13-22-7-4-19-10-15)14-23-8-5-20-11-15;/h19-24H,2-15,18H2,1H3;18-23H,2-14,17H2,1H3;1H4. The summed E-state index contributed by atoms with van der Waals surface area (Å²) in [4.78, 5) is 0. The maximum Gasteiger partial charge on any atom is 0.0533 e. The average Bonchev–Trinajstić information content (AvgIpc) is 3.06. The fourth-order valence-corrected chi connectivity index (χ4v) is 7.13. The van der Waals surface area contributed by atoms with E-state index in [1.165, 1.54) is 19.3 Å². The molecule has 6 fully saturated rings. The van der Waals surface area contributed by atoms with Crippen molar-refractivity contribution in [1.29, 1.82) is 0 Å². The molecule has 6 rings (SSSR count). The normalized spacial score (nSPS) is 35.0. The molecule has 0 amide bonds. The third-order valence-electron chi connectivity index (χ3n) is 10.3. The molecule has 4 bridgehead atoms. The Kier molecular flexibility index (Phi) is 22.3. The van der Waals surface area contributed by atoms with Crippen LogP contribution >= 0.6 is 0 Å². The van der Waals surface area contributed by atoms with E-state index in [1.807, 2.05) is 0 Å². The molecule has 14 heteroatoms. The van der Waals surface area contributed by atoms with E-state index >= 15 is 0 Å². The second-order valence-electron chi connectivity index (χ2n) is 14.9. The molecule has 16 N–H and O–H groups in total. The summed E-state index contributed by atoms with van der Waals surface area (Å²) in [6, 6.07) is 0. The van der Waals surface area contributed by atoms with Crippen molar-refractivity contribution in [2.45, 2.75) is 51.6 Å². The SMILES string of the molecule is C.CCC12CNCCNCC(N)(CNCCNC1)CNCCNC2.CCCC12CNCCNCC(N)(CNCCNC1)CNCCNC2. The Balaban J connectivity index is 0.000000327. The van der Waals surface area contributed by atoms with Crippen LogP contribution in [-0.2, 0) is 0 Å². The summed E-state index contributed by atoms with van der Waals surface area (Å²) in [6.07, 6.45) is 3.62. The Hall–Kier alpha value is -0.560. The van der Waals surface area contributed by atoms with Gasteiger partial charge in [0.1, 0.15) is 0 Å². The number of rotatable bonds is 3. The number of fused-ring (bicyclic) bond motifs is 30. The molecule has 0 aromatic rings. The molecule has 0 atom stereocenters. The van der Waals surface area contributed by atoms with Gasteiger partial charge in [0, 0.05) is 168 Å². The summed E-state index contributed by atoms with van der Waals surface area (Å²) < 4.78 is 0. The molecule has 0 aliphatic carbocycles. The van der Waals surface area contributed by atoms with Crippen molar-refractivity contribution in [2.75, 3.05) is 157 Å². The summed E-state index contributed by atoms with van der Waals surface area (Å²) >= 11 is 0. The first-order chi connectivity index (χ1) is 22.9. The molecular formula is C34H80N14. The molecule has 6 heterocycles. The van der Waals surface area contributed by atoms with Gasteiger partial charge in [0.05, 0.1) is 11.1 Å². The zero-order chi connectivity index (χ0) is 33.6. The van der Waals surface area contributed by atoms with Crippen LogP contribution in [0.3, 0.4) is 0 Å². The smallest absolute Gasteiger partial charge is 0.0533 e. The van der Waals surface area contributed by atoms with Gasteiger partial charge in [0.25, 0.3) is 0 Å². The Labute approximate surface area is 294 Å². The van der Waals surface area contributed by atoms with Gasteiger partial charge in [-0.1, -0.05) is 27.7 Å². The topological polar surface area (TPSA) is 196 Å². The second-order valence-corrected chi connectivity index (χ2v) is 14.9. The molecule has 0 saturated carbocycles. The molecule has 0 unspecified atom stereocenters. The highest BCUT2D eigenvalue weighted by atomic mass is 15.1. The quantitative estimate of drug-likeness (QED) is 0.139. The summed E-state index contributed by atoms with van der Waals surface area (Å²) in [7, 11) is 0. The number of hydrogen-bond acceptors (Lipinski definition) is 14. The lowest BCUT2D eigenvalue weighted by molar-refractivity contribution is 0.221. The molecule has 48 heavy (non-hydrogen) atoms. The lowest BCUT2D eigenvalue weighted by Crippen LogP contribution is -2.62. The average molecular weight is 685 g/mol. The minimum atomic E-state index is -0.250. The molecular weight excluding hydrogens is 604 g/mol. The van der Waals surface area contributed by atoms with E-state index in [2.05, 4.69) is 77.6 Å². The third kappa shape index (κ3) is 17.1. The summed E-state index contributed by atoms with van der Waals surface area (Å²) in [5.41, 5.74) is 13.3. The van der Waals surface area contributed by atoms with Crippen LogP contribution in [0.1, 0.15) is 40.5 Å². The van der Waals surface area contributed by atoms with E-state index in [1.54, 1.807) is 0 Å². The highest BCUT2D eigenvalue weighted by Gasteiger charge is 2.31. The Morgan fingerprint density at radius 2 is 0.562 bits per heavy atom. The summed E-state index contributed by atoms with van der Waals surface area (Å²) in [5.74, 6) is 0. The van der Waals surface area contributed by atoms with Crippen LogP contribution < -0.4 is 75.3 Å². The van der Waals surface area contributed by atoms with Crippen LogP contribution in [0.2, 0.25) is 0 Å². The molecule has 0 spiro atoms. The molecule has 0 aromatic carbocycles. The van der Waals surface area contributed by atoms with Crippen molar-refractivity contribution in [2.24, 2.45) is 22.3 Å². The van der Waals surface area contributed by atoms with Gasteiger partial charge in [0.15, 0.2) is 0 Å². The highest BCUT2D eigenvalue weighted by Crippen LogP contribution is 2.22. The van der Waals surface area contributed by atoms with Gasteiger partial charge in [0.2, 0.25) is 0 Å². The van der Waals surface area contributed by atoms with Crippen LogP contribution in [0.25, 0.3) is 0 Å². The maximum atomic E-state index is 6.61. The van der Waals surface area contributed by atoms with Crippen molar-refractivity contribution in [3.05, 3.63) is 0 Å². The van der Waals surface area contributed by atoms with Crippen molar-refractivity contribution < 1.29 is 0 Å². The van der Waals surface area contributed by atoms with E-state index in [0.717, 1.165) is 157 Å². The zero-order valence-electron chi connectivity index (χ0n) is 30.2. The van der Waals surface area contributed by atoms with Crippen LogP contribution in [0.5, 0.6) is 0 Å². The molecule has 286 valence electrons. The molecule has 0 aromatic heterocycles. The number of hydrogen-bond donors (Lipinski definition) is 14. The van der Waals surface area contributed by atoms with E-state index in [0.29, 0.717) is 0 Å². The van der Waals surface area contributed by atoms with E-state index in [-0.39, 0.29) is 29.3 Å². The minimum Gasteiger partial charge on any atom is -0.322 e. The Morgan fingerprint density at radius 1 is 0.354 bits per heavy atom. The second kappa shape index (κ2) is 24.6. The molecule has 6 aliphatic rings. The molecule has 6 saturated heterocycles. The fraction of sp³-hybridized carbons (Fsp3) is 1.00. The minimum absolute atomic E-state index is 0. The van der Waals surface area contributed by atoms with E-state index in [4.69, 9.17) is 11.5 Å². The molecule has 14 nitrogen and oxygen atoms in total.